The number of halogens is 1. The second-order valence-corrected chi connectivity index (χ2v) is 12.8. The van der Waals surface area contributed by atoms with Crippen LogP contribution in [0.2, 0.25) is 0 Å². The summed E-state index contributed by atoms with van der Waals surface area (Å²) >= 11 is 0. The fraction of sp³-hybridized carbons (Fsp3) is 0.194. The van der Waals surface area contributed by atoms with E-state index < -0.39 is 21.0 Å². The standard InChI is InChI=1S/C31H29FN8O3S/c1-3-4-8-27(41)36-21-12-19(14-34-15-21)25-13-23-26(16-35-25)39-40-29(23)31-37-24-7-5-6-22(28(24)38-31)17-9-18(11-20(32)10-17)30(33)44(2,42)43/h5-7,9-16,30H,3-4,8,33H2,1-2H3,(H,36,41)(H,37,38)(H,39,40). The zero-order chi connectivity index (χ0) is 31.0. The van der Waals surface area contributed by atoms with Gasteiger partial charge in [-0.1, -0.05) is 25.5 Å². The first-order valence-corrected chi connectivity index (χ1v) is 15.9. The van der Waals surface area contributed by atoms with Gasteiger partial charge in [-0.25, -0.2) is 17.8 Å². The van der Waals surface area contributed by atoms with Crippen LogP contribution in [-0.2, 0) is 14.6 Å². The Balaban J connectivity index is 1.38. The molecule has 1 amide bonds. The lowest BCUT2D eigenvalue weighted by Crippen LogP contribution is -2.20. The average molecular weight is 613 g/mol. The molecule has 0 saturated carbocycles. The number of hydrogen-bond acceptors (Lipinski definition) is 8. The molecule has 224 valence electrons. The van der Waals surface area contributed by atoms with Crippen molar-refractivity contribution in [2.45, 2.75) is 31.6 Å². The average Bonchev–Trinajstić information content (AvgIpc) is 3.62. The first-order chi connectivity index (χ1) is 21.1. The van der Waals surface area contributed by atoms with Crippen molar-refractivity contribution in [1.82, 2.24) is 30.1 Å². The number of hydrogen-bond donors (Lipinski definition) is 4. The highest BCUT2D eigenvalue weighted by Gasteiger charge is 2.21. The van der Waals surface area contributed by atoms with Crippen molar-refractivity contribution in [3.05, 3.63) is 78.5 Å². The molecule has 2 aromatic carbocycles. The first-order valence-electron chi connectivity index (χ1n) is 13.9. The fourth-order valence-electron chi connectivity index (χ4n) is 5.02. The van der Waals surface area contributed by atoms with Gasteiger partial charge in [0.25, 0.3) is 0 Å². The van der Waals surface area contributed by atoms with Crippen molar-refractivity contribution >= 4 is 43.4 Å². The number of anilines is 1. The Morgan fingerprint density at radius 1 is 1.07 bits per heavy atom. The molecule has 0 fully saturated rings. The summed E-state index contributed by atoms with van der Waals surface area (Å²) in [6.07, 6.45) is 8.13. The van der Waals surface area contributed by atoms with E-state index in [1.54, 1.807) is 36.8 Å². The minimum Gasteiger partial charge on any atom is -0.337 e. The van der Waals surface area contributed by atoms with Gasteiger partial charge in [-0.15, -0.1) is 0 Å². The Labute approximate surface area is 252 Å². The second-order valence-electron chi connectivity index (χ2n) is 10.6. The molecule has 4 heterocycles. The van der Waals surface area contributed by atoms with Gasteiger partial charge in [-0.05, 0) is 53.9 Å². The monoisotopic (exact) mass is 612 g/mol. The van der Waals surface area contributed by atoms with Crippen molar-refractivity contribution < 1.29 is 17.6 Å². The molecule has 0 aliphatic carbocycles. The third kappa shape index (κ3) is 5.79. The maximum atomic E-state index is 14.7. The number of amides is 1. The van der Waals surface area contributed by atoms with E-state index in [1.165, 1.54) is 6.07 Å². The molecule has 13 heteroatoms. The summed E-state index contributed by atoms with van der Waals surface area (Å²) in [4.78, 5) is 29.2. The molecule has 0 spiro atoms. The zero-order valence-corrected chi connectivity index (χ0v) is 24.7. The van der Waals surface area contributed by atoms with Crippen molar-refractivity contribution in [3.8, 4) is 33.9 Å². The van der Waals surface area contributed by atoms with Crippen LogP contribution in [0.1, 0.15) is 37.1 Å². The maximum Gasteiger partial charge on any atom is 0.224 e. The number of imidazole rings is 1. The van der Waals surface area contributed by atoms with Gasteiger partial charge in [0.15, 0.2) is 15.7 Å². The highest BCUT2D eigenvalue weighted by Crippen LogP contribution is 2.34. The predicted molar refractivity (Wildman–Crippen MR) is 168 cm³/mol. The van der Waals surface area contributed by atoms with Crippen LogP contribution in [-0.4, -0.2) is 50.7 Å². The summed E-state index contributed by atoms with van der Waals surface area (Å²) in [5.74, 6) is -0.208. The summed E-state index contributed by atoms with van der Waals surface area (Å²) in [5.41, 5.74) is 11.5. The summed E-state index contributed by atoms with van der Waals surface area (Å²) in [5, 5.41) is 9.75. The van der Waals surface area contributed by atoms with E-state index in [4.69, 9.17) is 10.7 Å². The number of benzene rings is 2. The third-order valence-corrected chi connectivity index (χ3v) is 8.48. The topological polar surface area (TPSA) is 172 Å². The quantitative estimate of drug-likeness (QED) is 0.166. The lowest BCUT2D eigenvalue weighted by atomic mass is 10.0. The van der Waals surface area contributed by atoms with Crippen molar-refractivity contribution in [3.63, 3.8) is 0 Å². The molecule has 0 aliphatic heterocycles. The molecule has 0 aliphatic rings. The Hall–Kier alpha value is -5.01. The lowest BCUT2D eigenvalue weighted by Gasteiger charge is -2.12. The maximum absolute atomic E-state index is 14.7. The van der Waals surface area contributed by atoms with Gasteiger partial charge < -0.3 is 16.0 Å². The Morgan fingerprint density at radius 2 is 1.91 bits per heavy atom. The van der Waals surface area contributed by atoms with Crippen molar-refractivity contribution in [2.24, 2.45) is 5.73 Å². The molecule has 0 bridgehead atoms. The van der Waals surface area contributed by atoms with Gasteiger partial charge >= 0.3 is 0 Å². The van der Waals surface area contributed by atoms with Crippen LogP contribution < -0.4 is 11.1 Å². The van der Waals surface area contributed by atoms with Crippen molar-refractivity contribution in [2.75, 3.05) is 11.6 Å². The zero-order valence-electron chi connectivity index (χ0n) is 23.9. The molecule has 4 aromatic heterocycles. The van der Waals surface area contributed by atoms with Crippen LogP contribution in [0, 0.1) is 5.82 Å². The summed E-state index contributed by atoms with van der Waals surface area (Å²) < 4.78 is 38.8. The van der Waals surface area contributed by atoms with E-state index in [0.717, 1.165) is 30.6 Å². The highest BCUT2D eigenvalue weighted by molar-refractivity contribution is 7.90. The molecule has 6 rings (SSSR count). The number of H-pyrrole nitrogens is 2. The number of fused-ring (bicyclic) bond motifs is 2. The Kier molecular flexibility index (Phi) is 7.66. The van der Waals surface area contributed by atoms with Gasteiger partial charge in [0, 0.05) is 35.4 Å². The first kappa shape index (κ1) is 29.1. The van der Waals surface area contributed by atoms with Crippen LogP contribution >= 0.6 is 0 Å². The summed E-state index contributed by atoms with van der Waals surface area (Å²) in [6, 6.07) is 13.1. The normalized spacial score (nSPS) is 12.5. The van der Waals surface area contributed by atoms with Crippen LogP contribution in [0.25, 0.3) is 55.8 Å². The van der Waals surface area contributed by atoms with Gasteiger partial charge in [0.05, 0.1) is 40.3 Å². The smallest absolute Gasteiger partial charge is 0.224 e. The third-order valence-electron chi connectivity index (χ3n) is 7.28. The second kappa shape index (κ2) is 11.6. The number of carbonyl (C=O) groups is 1. The predicted octanol–water partition coefficient (Wildman–Crippen LogP) is 5.50. The minimum absolute atomic E-state index is 0.0664. The number of aromatic amines is 2. The van der Waals surface area contributed by atoms with Crippen LogP contribution in [0.15, 0.2) is 67.1 Å². The number of nitrogens with one attached hydrogen (secondary N) is 3. The number of para-hydroxylation sites is 1. The number of sulfone groups is 1. The molecule has 0 saturated heterocycles. The van der Waals surface area contributed by atoms with Gasteiger partial charge in [0.2, 0.25) is 5.91 Å². The Bertz CT molecular complexity index is 2140. The van der Waals surface area contributed by atoms with E-state index in [1.807, 2.05) is 25.1 Å². The SMILES string of the molecule is CCCCC(=O)Nc1cncc(-c2cc3c(-c4nc5c(-c6cc(F)cc(C(N)S(C)(=O)=O)c6)cccc5[nH]4)n[nH]c3cn2)c1. The molecular weight excluding hydrogens is 583 g/mol. The lowest BCUT2D eigenvalue weighted by molar-refractivity contribution is -0.116. The summed E-state index contributed by atoms with van der Waals surface area (Å²) in [6.45, 7) is 2.03. The van der Waals surface area contributed by atoms with Gasteiger partial charge in [-0.3, -0.25) is 19.9 Å². The van der Waals surface area contributed by atoms with E-state index in [0.29, 0.717) is 62.6 Å². The molecule has 1 unspecified atom stereocenters. The highest BCUT2D eigenvalue weighted by atomic mass is 32.2. The molecular formula is C31H29FN8O3S. The van der Waals surface area contributed by atoms with E-state index >= 15 is 0 Å². The summed E-state index contributed by atoms with van der Waals surface area (Å²) in [7, 11) is -3.65. The number of pyridine rings is 2. The molecule has 6 aromatic rings. The van der Waals surface area contributed by atoms with E-state index in [9.17, 15) is 17.6 Å². The van der Waals surface area contributed by atoms with E-state index in [2.05, 4.69) is 30.5 Å². The molecule has 0 radical (unpaired) electrons. The fourth-order valence-corrected chi connectivity index (χ4v) is 5.65. The number of rotatable bonds is 9. The molecule has 11 nitrogen and oxygen atoms in total. The van der Waals surface area contributed by atoms with Gasteiger partial charge in [-0.2, -0.15) is 5.10 Å². The molecule has 5 N–H and O–H groups in total. The van der Waals surface area contributed by atoms with E-state index in [-0.39, 0.29) is 11.5 Å². The molecule has 1 atom stereocenters. The number of nitrogens with two attached hydrogens (primary N) is 1. The minimum atomic E-state index is -3.65. The van der Waals surface area contributed by atoms with Crippen LogP contribution in [0.5, 0.6) is 0 Å². The van der Waals surface area contributed by atoms with Crippen molar-refractivity contribution in [1.29, 1.82) is 0 Å². The molecule has 44 heavy (non-hydrogen) atoms. The van der Waals surface area contributed by atoms with Gasteiger partial charge in [0.1, 0.15) is 16.9 Å². The van der Waals surface area contributed by atoms with Crippen LogP contribution in [0.3, 0.4) is 0 Å². The number of carbonyl (C=O) groups excluding carboxylic acids is 1. The van der Waals surface area contributed by atoms with Crippen LogP contribution in [0.4, 0.5) is 10.1 Å². The Morgan fingerprint density at radius 3 is 2.70 bits per heavy atom. The number of unbranched alkanes of at least 4 members (excludes halogenated alkanes) is 1. The number of nitrogens with zero attached hydrogens (tertiary/aromatic N) is 4. The number of aromatic nitrogens is 6. The largest absolute Gasteiger partial charge is 0.337 e.